The first-order valence-electron chi connectivity index (χ1n) is 7.25. The molecule has 10 heteroatoms. The lowest BCUT2D eigenvalue weighted by atomic mass is 10.2. The zero-order valence-electron chi connectivity index (χ0n) is 12.7. The van der Waals surface area contributed by atoms with Crippen LogP contribution in [0.1, 0.15) is 17.6 Å². The van der Waals surface area contributed by atoms with Crippen molar-refractivity contribution in [3.63, 3.8) is 0 Å². The van der Waals surface area contributed by atoms with Gasteiger partial charge in [0.1, 0.15) is 6.61 Å². The molecular weight excluding hydrogens is 366 g/mol. The van der Waals surface area contributed by atoms with Crippen LogP contribution < -0.4 is 9.47 Å². The molecule has 4 rings (SSSR count). The van der Waals surface area contributed by atoms with Gasteiger partial charge in [-0.1, -0.05) is 35.2 Å². The second-order valence-corrected chi connectivity index (χ2v) is 6.93. The van der Waals surface area contributed by atoms with Crippen LogP contribution in [0.25, 0.3) is 0 Å². The van der Waals surface area contributed by atoms with E-state index in [0.29, 0.717) is 35.0 Å². The van der Waals surface area contributed by atoms with Gasteiger partial charge < -0.3 is 13.9 Å². The summed E-state index contributed by atoms with van der Waals surface area (Å²) >= 11 is 2.42. The second-order valence-electron chi connectivity index (χ2n) is 5.11. The van der Waals surface area contributed by atoms with E-state index in [-0.39, 0.29) is 5.00 Å². The Morgan fingerprint density at radius 2 is 2.16 bits per heavy atom. The molecule has 1 aliphatic rings. The molecule has 0 radical (unpaired) electrons. The molecule has 0 saturated heterocycles. The number of nitro groups is 1. The quantitative estimate of drug-likeness (QED) is 0.375. The van der Waals surface area contributed by atoms with E-state index in [0.717, 1.165) is 16.9 Å². The lowest BCUT2D eigenvalue weighted by molar-refractivity contribution is -0.380. The molecule has 0 spiro atoms. The third-order valence-electron chi connectivity index (χ3n) is 3.39. The van der Waals surface area contributed by atoms with Crippen LogP contribution >= 0.6 is 23.1 Å². The Bertz CT molecular complexity index is 910. The van der Waals surface area contributed by atoms with E-state index < -0.39 is 11.0 Å². The molecule has 1 unspecified atom stereocenters. The molecule has 0 saturated carbocycles. The highest BCUT2D eigenvalue weighted by atomic mass is 32.2. The number of thiophene rings is 1. The Morgan fingerprint density at radius 3 is 2.96 bits per heavy atom. The molecule has 8 nitrogen and oxygen atoms in total. The summed E-state index contributed by atoms with van der Waals surface area (Å²) in [4.78, 5) is 10.3. The number of benzene rings is 1. The third-order valence-corrected chi connectivity index (χ3v) is 5.21. The van der Waals surface area contributed by atoms with E-state index in [1.54, 1.807) is 11.4 Å². The number of aromatic nitrogens is 2. The monoisotopic (exact) mass is 377 g/mol. The van der Waals surface area contributed by atoms with Crippen LogP contribution in [-0.4, -0.2) is 21.7 Å². The van der Waals surface area contributed by atoms with Crippen molar-refractivity contribution in [2.45, 2.75) is 17.1 Å². The van der Waals surface area contributed by atoms with E-state index in [1.165, 1.54) is 11.8 Å². The molecule has 1 atom stereocenters. The summed E-state index contributed by atoms with van der Waals surface area (Å²) in [7, 11) is 0. The lowest BCUT2D eigenvalue weighted by Gasteiger charge is -2.23. The average molecular weight is 377 g/mol. The van der Waals surface area contributed by atoms with Crippen LogP contribution in [0.5, 0.6) is 11.5 Å². The summed E-state index contributed by atoms with van der Waals surface area (Å²) in [6.07, 6.45) is -0.459. The molecule has 0 amide bonds. The first-order valence-corrected chi connectivity index (χ1v) is 9.12. The van der Waals surface area contributed by atoms with E-state index in [4.69, 9.17) is 13.9 Å². The Labute approximate surface area is 149 Å². The van der Waals surface area contributed by atoms with Crippen molar-refractivity contribution in [1.82, 2.24) is 10.2 Å². The minimum absolute atomic E-state index is 0.119. The number of thioether (sulfide) groups is 1. The maximum atomic E-state index is 10.7. The van der Waals surface area contributed by atoms with Crippen molar-refractivity contribution in [3.8, 4) is 11.5 Å². The third kappa shape index (κ3) is 3.44. The summed E-state index contributed by atoms with van der Waals surface area (Å²) in [5.41, 5.74) is 0.840. The fourth-order valence-electron chi connectivity index (χ4n) is 2.23. The number of ether oxygens (including phenoxy) is 2. The fraction of sp³-hybridized carbons (Fsp3) is 0.200. The van der Waals surface area contributed by atoms with Crippen molar-refractivity contribution >= 4 is 28.1 Å². The normalized spacial score (nSPS) is 15.9. The molecule has 1 aromatic carbocycles. The second kappa shape index (κ2) is 6.73. The first kappa shape index (κ1) is 15.9. The smallest absolute Gasteiger partial charge is 0.324 e. The number of para-hydroxylation sites is 2. The summed E-state index contributed by atoms with van der Waals surface area (Å²) in [5, 5.41) is 20.9. The van der Waals surface area contributed by atoms with Gasteiger partial charge in [-0.2, -0.15) is 0 Å². The molecule has 3 aromatic rings. The van der Waals surface area contributed by atoms with Crippen LogP contribution in [0.4, 0.5) is 5.00 Å². The predicted molar refractivity (Wildman–Crippen MR) is 90.1 cm³/mol. The summed E-state index contributed by atoms with van der Waals surface area (Å²) in [6.45, 7) is 0.292. The molecule has 3 heterocycles. The number of rotatable bonds is 5. The van der Waals surface area contributed by atoms with E-state index in [2.05, 4.69) is 10.2 Å². The minimum Gasteiger partial charge on any atom is -0.485 e. The van der Waals surface area contributed by atoms with Crippen molar-refractivity contribution in [2.24, 2.45) is 0 Å². The van der Waals surface area contributed by atoms with Crippen LogP contribution in [-0.2, 0) is 5.75 Å². The van der Waals surface area contributed by atoms with Gasteiger partial charge in [0, 0.05) is 17.2 Å². The zero-order valence-corrected chi connectivity index (χ0v) is 14.3. The molecule has 2 aromatic heterocycles. The lowest BCUT2D eigenvalue weighted by Crippen LogP contribution is -2.21. The SMILES string of the molecule is O=[N+]([O-])c1cc(CSc2nnc(C3COc4ccccc4O3)o2)cs1. The van der Waals surface area contributed by atoms with Crippen molar-refractivity contribution < 1.29 is 18.8 Å². The zero-order chi connectivity index (χ0) is 17.2. The minimum atomic E-state index is -0.459. The maximum Gasteiger partial charge on any atom is 0.324 e. The van der Waals surface area contributed by atoms with Gasteiger partial charge in [-0.15, -0.1) is 10.2 Å². The van der Waals surface area contributed by atoms with Gasteiger partial charge in [0.25, 0.3) is 11.1 Å². The first-order chi connectivity index (χ1) is 12.2. The Morgan fingerprint density at radius 1 is 1.32 bits per heavy atom. The van der Waals surface area contributed by atoms with Gasteiger partial charge >= 0.3 is 5.00 Å². The van der Waals surface area contributed by atoms with E-state index >= 15 is 0 Å². The number of hydrogen-bond acceptors (Lipinski definition) is 9. The molecule has 0 fully saturated rings. The summed E-state index contributed by atoms with van der Waals surface area (Å²) in [5.74, 6) is 2.17. The Hall–Kier alpha value is -2.59. The summed E-state index contributed by atoms with van der Waals surface area (Å²) < 4.78 is 17.1. The number of fused-ring (bicyclic) bond motifs is 1. The molecule has 1 aliphatic heterocycles. The average Bonchev–Trinajstić information content (AvgIpc) is 3.29. The standard InChI is InChI=1S/C15H11N3O5S2/c19-18(20)13-5-9(7-24-13)8-25-15-17-16-14(23-15)12-6-21-10-3-1-2-4-11(10)22-12/h1-5,7,12H,6,8H2. The van der Waals surface area contributed by atoms with Gasteiger partial charge in [0.05, 0.1) is 4.92 Å². The van der Waals surface area contributed by atoms with Crippen molar-refractivity contribution in [3.05, 3.63) is 57.3 Å². The molecule has 25 heavy (non-hydrogen) atoms. The highest BCUT2D eigenvalue weighted by molar-refractivity contribution is 7.98. The van der Waals surface area contributed by atoms with Gasteiger partial charge in [-0.05, 0) is 17.7 Å². The predicted octanol–water partition coefficient (Wildman–Crippen LogP) is 3.84. The van der Waals surface area contributed by atoms with Crippen LogP contribution in [0, 0.1) is 10.1 Å². The molecule has 0 bridgehead atoms. The fourth-order valence-corrected chi connectivity index (χ4v) is 3.76. The largest absolute Gasteiger partial charge is 0.485 e. The maximum absolute atomic E-state index is 10.7. The van der Waals surface area contributed by atoms with Gasteiger partial charge in [0.15, 0.2) is 11.5 Å². The van der Waals surface area contributed by atoms with Crippen molar-refractivity contribution in [1.29, 1.82) is 0 Å². The molecule has 128 valence electrons. The number of nitrogens with zero attached hydrogens (tertiary/aromatic N) is 3. The Kier molecular flexibility index (Phi) is 4.28. The van der Waals surface area contributed by atoms with E-state index in [1.807, 2.05) is 24.3 Å². The van der Waals surface area contributed by atoms with Crippen LogP contribution in [0.15, 0.2) is 45.4 Å². The van der Waals surface area contributed by atoms with E-state index in [9.17, 15) is 10.1 Å². The summed E-state index contributed by atoms with van der Waals surface area (Å²) in [6, 6.07) is 8.93. The van der Waals surface area contributed by atoms with Gasteiger partial charge in [-0.3, -0.25) is 10.1 Å². The van der Waals surface area contributed by atoms with Gasteiger partial charge in [0.2, 0.25) is 6.10 Å². The van der Waals surface area contributed by atoms with Crippen molar-refractivity contribution in [2.75, 3.05) is 6.61 Å². The molecule has 0 aliphatic carbocycles. The van der Waals surface area contributed by atoms with Crippen LogP contribution in [0.2, 0.25) is 0 Å². The topological polar surface area (TPSA) is 101 Å². The Balaban J connectivity index is 1.40. The molecule has 0 N–H and O–H groups in total. The highest BCUT2D eigenvalue weighted by Crippen LogP contribution is 2.36. The number of hydrogen-bond donors (Lipinski definition) is 0. The highest BCUT2D eigenvalue weighted by Gasteiger charge is 2.27. The van der Waals surface area contributed by atoms with Gasteiger partial charge in [-0.25, -0.2) is 0 Å². The molecular formula is C15H11N3O5S2. The van der Waals surface area contributed by atoms with Crippen LogP contribution in [0.3, 0.4) is 0 Å².